The van der Waals surface area contributed by atoms with Gasteiger partial charge in [0.2, 0.25) is 0 Å². The number of ether oxygens (including phenoxy) is 2. The van der Waals surface area contributed by atoms with E-state index in [-0.39, 0.29) is 0 Å². The molecule has 92 valence electrons. The Morgan fingerprint density at radius 2 is 2.18 bits per heavy atom. The highest BCUT2D eigenvalue weighted by atomic mass is 16.5. The van der Waals surface area contributed by atoms with Gasteiger partial charge in [0, 0.05) is 19.5 Å². The molecule has 3 nitrogen and oxygen atoms in total. The summed E-state index contributed by atoms with van der Waals surface area (Å²) in [6.07, 6.45) is 5.93. The van der Waals surface area contributed by atoms with Crippen molar-refractivity contribution in [2.75, 3.05) is 20.3 Å². The third-order valence-electron chi connectivity index (χ3n) is 2.30. The third kappa shape index (κ3) is 4.38. The number of methoxy groups -OCH3 is 1. The van der Waals surface area contributed by atoms with Crippen molar-refractivity contribution < 1.29 is 9.47 Å². The van der Waals surface area contributed by atoms with Crippen LogP contribution in [0.2, 0.25) is 0 Å². The van der Waals surface area contributed by atoms with Crippen molar-refractivity contribution in [1.29, 1.82) is 0 Å². The molecule has 3 heteroatoms. The van der Waals surface area contributed by atoms with Gasteiger partial charge in [-0.25, -0.2) is 0 Å². The van der Waals surface area contributed by atoms with Crippen molar-refractivity contribution in [3.63, 3.8) is 0 Å². The molecule has 0 aromatic heterocycles. The predicted octanol–water partition coefficient (Wildman–Crippen LogP) is 2.21. The Hall–Kier alpha value is -1.66. The third-order valence-corrected chi connectivity index (χ3v) is 2.30. The summed E-state index contributed by atoms with van der Waals surface area (Å²) in [4.78, 5) is 0. The fraction of sp³-hybridized carbons (Fsp3) is 0.429. The molecule has 1 aromatic carbocycles. The van der Waals surface area contributed by atoms with Gasteiger partial charge in [0.05, 0.1) is 13.7 Å². The number of hydrogen-bond acceptors (Lipinski definition) is 3. The predicted molar refractivity (Wildman–Crippen MR) is 69.3 cm³/mol. The van der Waals surface area contributed by atoms with E-state index in [1.54, 1.807) is 7.11 Å². The van der Waals surface area contributed by atoms with Crippen LogP contribution in [-0.4, -0.2) is 20.3 Å². The molecule has 0 unspecified atom stereocenters. The quantitative estimate of drug-likeness (QED) is 0.578. The molecule has 0 atom stereocenters. The SMILES string of the molecule is C#CCCNCc1ccc(OC)c(OCC)c1. The van der Waals surface area contributed by atoms with E-state index in [0.717, 1.165) is 36.6 Å². The molecule has 0 spiro atoms. The molecule has 0 saturated carbocycles. The second-order valence-electron chi connectivity index (χ2n) is 3.55. The summed E-state index contributed by atoms with van der Waals surface area (Å²) in [6, 6.07) is 5.93. The van der Waals surface area contributed by atoms with Crippen LogP contribution in [0.4, 0.5) is 0 Å². The van der Waals surface area contributed by atoms with Crippen molar-refractivity contribution in [1.82, 2.24) is 5.32 Å². The Kier molecular flexibility index (Phi) is 5.98. The van der Waals surface area contributed by atoms with Gasteiger partial charge in [0.15, 0.2) is 11.5 Å². The Labute approximate surface area is 103 Å². The van der Waals surface area contributed by atoms with Gasteiger partial charge in [-0.1, -0.05) is 6.07 Å². The highest BCUT2D eigenvalue weighted by Gasteiger charge is 2.04. The van der Waals surface area contributed by atoms with E-state index >= 15 is 0 Å². The summed E-state index contributed by atoms with van der Waals surface area (Å²) in [5.74, 6) is 4.14. The first-order chi connectivity index (χ1) is 8.31. The molecule has 0 aliphatic heterocycles. The minimum absolute atomic E-state index is 0.629. The van der Waals surface area contributed by atoms with Crippen molar-refractivity contribution in [3.05, 3.63) is 23.8 Å². The van der Waals surface area contributed by atoms with Crippen LogP contribution in [0, 0.1) is 12.3 Å². The maximum absolute atomic E-state index is 5.51. The standard InChI is InChI=1S/C14H19NO2/c1-4-6-9-15-11-12-7-8-13(16-3)14(10-12)17-5-2/h1,7-8,10,15H,5-6,9,11H2,2-3H3. The lowest BCUT2D eigenvalue weighted by Crippen LogP contribution is -2.14. The second kappa shape index (κ2) is 7.59. The number of rotatable bonds is 7. The lowest BCUT2D eigenvalue weighted by Gasteiger charge is -2.11. The maximum atomic E-state index is 5.51. The van der Waals surface area contributed by atoms with E-state index in [1.807, 2.05) is 25.1 Å². The second-order valence-corrected chi connectivity index (χ2v) is 3.55. The van der Waals surface area contributed by atoms with Crippen LogP contribution in [0.5, 0.6) is 11.5 Å². The van der Waals surface area contributed by atoms with Gasteiger partial charge in [-0.3, -0.25) is 0 Å². The van der Waals surface area contributed by atoms with Gasteiger partial charge in [-0.2, -0.15) is 0 Å². The molecule has 0 heterocycles. The molecule has 0 aliphatic carbocycles. The number of terminal acetylenes is 1. The highest BCUT2D eigenvalue weighted by Crippen LogP contribution is 2.27. The Morgan fingerprint density at radius 3 is 2.82 bits per heavy atom. The average Bonchev–Trinajstić information content (AvgIpc) is 2.35. The van der Waals surface area contributed by atoms with E-state index in [4.69, 9.17) is 15.9 Å². The normalized spacial score (nSPS) is 9.71. The molecule has 0 fully saturated rings. The van der Waals surface area contributed by atoms with Crippen LogP contribution < -0.4 is 14.8 Å². The summed E-state index contributed by atoms with van der Waals surface area (Å²) >= 11 is 0. The van der Waals surface area contributed by atoms with Crippen molar-refractivity contribution in [2.24, 2.45) is 0 Å². The number of hydrogen-bond donors (Lipinski definition) is 1. The molecule has 0 saturated heterocycles. The molecule has 1 aromatic rings. The van der Waals surface area contributed by atoms with Crippen LogP contribution >= 0.6 is 0 Å². The van der Waals surface area contributed by atoms with Gasteiger partial charge >= 0.3 is 0 Å². The van der Waals surface area contributed by atoms with Crippen molar-refractivity contribution in [3.8, 4) is 23.8 Å². The van der Waals surface area contributed by atoms with Gasteiger partial charge in [0.25, 0.3) is 0 Å². The van der Waals surface area contributed by atoms with E-state index < -0.39 is 0 Å². The molecule has 1 N–H and O–H groups in total. The molecule has 1 rings (SSSR count). The Morgan fingerprint density at radius 1 is 1.35 bits per heavy atom. The summed E-state index contributed by atoms with van der Waals surface area (Å²) in [6.45, 7) is 4.19. The smallest absolute Gasteiger partial charge is 0.161 e. The zero-order valence-electron chi connectivity index (χ0n) is 10.5. The van der Waals surface area contributed by atoms with Crippen LogP contribution in [0.25, 0.3) is 0 Å². The van der Waals surface area contributed by atoms with Gasteiger partial charge in [0.1, 0.15) is 0 Å². The minimum atomic E-state index is 0.629. The molecule has 0 amide bonds. The first-order valence-electron chi connectivity index (χ1n) is 5.75. The topological polar surface area (TPSA) is 30.5 Å². The van der Waals surface area contributed by atoms with Gasteiger partial charge in [-0.15, -0.1) is 12.3 Å². The zero-order chi connectivity index (χ0) is 12.5. The average molecular weight is 233 g/mol. The van der Waals surface area contributed by atoms with E-state index in [2.05, 4.69) is 11.2 Å². The summed E-state index contributed by atoms with van der Waals surface area (Å²) in [5.41, 5.74) is 1.16. The van der Waals surface area contributed by atoms with Crippen LogP contribution in [0.3, 0.4) is 0 Å². The summed E-state index contributed by atoms with van der Waals surface area (Å²) < 4.78 is 10.7. The van der Waals surface area contributed by atoms with E-state index in [9.17, 15) is 0 Å². The molecule has 0 bridgehead atoms. The zero-order valence-corrected chi connectivity index (χ0v) is 10.5. The van der Waals surface area contributed by atoms with Crippen LogP contribution in [0.1, 0.15) is 18.9 Å². The maximum Gasteiger partial charge on any atom is 0.161 e. The fourth-order valence-electron chi connectivity index (χ4n) is 1.49. The number of nitrogens with one attached hydrogen (secondary N) is 1. The summed E-state index contributed by atoms with van der Waals surface area (Å²) in [7, 11) is 1.64. The highest BCUT2D eigenvalue weighted by molar-refractivity contribution is 5.42. The minimum Gasteiger partial charge on any atom is -0.493 e. The molecule has 0 aliphatic rings. The van der Waals surface area contributed by atoms with Crippen LogP contribution in [0.15, 0.2) is 18.2 Å². The van der Waals surface area contributed by atoms with Gasteiger partial charge < -0.3 is 14.8 Å². The lowest BCUT2D eigenvalue weighted by molar-refractivity contribution is 0.310. The molecular weight excluding hydrogens is 214 g/mol. The monoisotopic (exact) mass is 233 g/mol. The number of benzene rings is 1. The first kappa shape index (κ1) is 13.4. The van der Waals surface area contributed by atoms with Gasteiger partial charge in [-0.05, 0) is 24.6 Å². The molecule has 0 radical (unpaired) electrons. The summed E-state index contributed by atoms with van der Waals surface area (Å²) in [5, 5.41) is 3.27. The molecule has 17 heavy (non-hydrogen) atoms. The van der Waals surface area contributed by atoms with E-state index in [1.165, 1.54) is 0 Å². The fourth-order valence-corrected chi connectivity index (χ4v) is 1.49. The van der Waals surface area contributed by atoms with Crippen molar-refractivity contribution in [2.45, 2.75) is 19.9 Å². The van der Waals surface area contributed by atoms with Crippen molar-refractivity contribution >= 4 is 0 Å². The lowest BCUT2D eigenvalue weighted by atomic mass is 10.2. The first-order valence-corrected chi connectivity index (χ1v) is 5.75. The Balaban J connectivity index is 2.61. The van der Waals surface area contributed by atoms with Crippen LogP contribution in [-0.2, 0) is 6.54 Å². The largest absolute Gasteiger partial charge is 0.493 e. The molecular formula is C14H19NO2. The van der Waals surface area contributed by atoms with E-state index in [0.29, 0.717) is 6.61 Å². The Bertz CT molecular complexity index is 382.